The number of benzene rings is 1. The van der Waals surface area contributed by atoms with E-state index in [2.05, 4.69) is 9.82 Å². The highest BCUT2D eigenvalue weighted by Crippen LogP contribution is 2.28. The van der Waals surface area contributed by atoms with Crippen molar-refractivity contribution in [2.75, 3.05) is 13.7 Å². The van der Waals surface area contributed by atoms with Gasteiger partial charge in [-0.15, -0.1) is 0 Å². The Labute approximate surface area is 129 Å². The van der Waals surface area contributed by atoms with E-state index in [1.165, 1.54) is 17.1 Å². The van der Waals surface area contributed by atoms with Crippen LogP contribution in [0.4, 0.5) is 0 Å². The zero-order chi connectivity index (χ0) is 16.2. The Kier molecular flexibility index (Phi) is 5.04. The lowest BCUT2D eigenvalue weighted by Crippen LogP contribution is -2.22. The molecule has 0 atom stereocenters. The first-order valence-electron chi connectivity index (χ1n) is 6.74. The molecular weight excluding hydrogens is 306 g/mol. The summed E-state index contributed by atoms with van der Waals surface area (Å²) in [6.45, 7) is 2.57. The van der Waals surface area contributed by atoms with E-state index in [0.717, 1.165) is 5.56 Å². The van der Waals surface area contributed by atoms with Crippen LogP contribution in [-0.2, 0) is 23.6 Å². The number of sulfonamides is 1. The Morgan fingerprint density at radius 3 is 2.68 bits per heavy atom. The number of nitrogens with one attached hydrogen (secondary N) is 1. The molecule has 0 bridgehead atoms. The van der Waals surface area contributed by atoms with Gasteiger partial charge >= 0.3 is 0 Å². The standard InChI is InChI=1S/C14H19N3O4S/c1-4-21-13-6-5-11(7-14(13)20-3)8-16-22(18,19)12-9-15-17(2)10-12/h5-7,9-10,16H,4,8H2,1-3H3. The zero-order valence-corrected chi connectivity index (χ0v) is 13.6. The predicted molar refractivity (Wildman–Crippen MR) is 81.4 cm³/mol. The zero-order valence-electron chi connectivity index (χ0n) is 12.7. The summed E-state index contributed by atoms with van der Waals surface area (Å²) in [6, 6.07) is 5.30. The molecule has 2 aromatic rings. The van der Waals surface area contributed by atoms with Crippen LogP contribution in [0.3, 0.4) is 0 Å². The molecule has 22 heavy (non-hydrogen) atoms. The van der Waals surface area contributed by atoms with Crippen LogP contribution in [0.5, 0.6) is 11.5 Å². The minimum Gasteiger partial charge on any atom is -0.493 e. The predicted octanol–water partition coefficient (Wildman–Crippen LogP) is 1.31. The lowest BCUT2D eigenvalue weighted by Gasteiger charge is -2.11. The van der Waals surface area contributed by atoms with Gasteiger partial charge in [-0.3, -0.25) is 4.68 Å². The molecule has 2 rings (SSSR count). The quantitative estimate of drug-likeness (QED) is 0.830. The first-order valence-corrected chi connectivity index (χ1v) is 8.22. The van der Waals surface area contributed by atoms with Crippen molar-refractivity contribution in [3.8, 4) is 11.5 Å². The number of nitrogens with zero attached hydrogens (tertiary/aromatic N) is 2. The van der Waals surface area contributed by atoms with Gasteiger partial charge in [-0.25, -0.2) is 13.1 Å². The van der Waals surface area contributed by atoms with Crippen LogP contribution in [0.2, 0.25) is 0 Å². The number of ether oxygens (including phenoxy) is 2. The molecule has 0 saturated heterocycles. The van der Waals surface area contributed by atoms with E-state index >= 15 is 0 Å². The topological polar surface area (TPSA) is 82.5 Å². The number of aromatic nitrogens is 2. The van der Waals surface area contributed by atoms with Gasteiger partial charge in [0, 0.05) is 19.8 Å². The van der Waals surface area contributed by atoms with Gasteiger partial charge in [-0.2, -0.15) is 5.10 Å². The third-order valence-electron chi connectivity index (χ3n) is 2.99. The molecule has 1 heterocycles. The smallest absolute Gasteiger partial charge is 0.243 e. The highest BCUT2D eigenvalue weighted by atomic mass is 32.2. The van der Waals surface area contributed by atoms with Crippen LogP contribution in [0, 0.1) is 0 Å². The minimum atomic E-state index is -3.58. The van der Waals surface area contributed by atoms with Gasteiger partial charge in [0.1, 0.15) is 4.90 Å². The van der Waals surface area contributed by atoms with Crippen molar-refractivity contribution in [2.24, 2.45) is 7.05 Å². The van der Waals surface area contributed by atoms with Crippen molar-refractivity contribution < 1.29 is 17.9 Å². The minimum absolute atomic E-state index is 0.132. The first kappa shape index (κ1) is 16.3. The van der Waals surface area contributed by atoms with Gasteiger partial charge in [0.2, 0.25) is 10.0 Å². The van der Waals surface area contributed by atoms with E-state index in [9.17, 15) is 8.42 Å². The van der Waals surface area contributed by atoms with Crippen molar-refractivity contribution in [3.05, 3.63) is 36.2 Å². The second-order valence-corrected chi connectivity index (χ2v) is 6.36. The third kappa shape index (κ3) is 3.77. The maximum Gasteiger partial charge on any atom is 0.243 e. The SMILES string of the molecule is CCOc1ccc(CNS(=O)(=O)c2cnn(C)c2)cc1OC. The molecule has 0 unspecified atom stereocenters. The number of methoxy groups -OCH3 is 1. The fourth-order valence-electron chi connectivity index (χ4n) is 1.90. The summed E-state index contributed by atoms with van der Waals surface area (Å²) in [4.78, 5) is 0.132. The number of aryl methyl sites for hydroxylation is 1. The first-order chi connectivity index (χ1) is 10.5. The van der Waals surface area contributed by atoms with Crippen molar-refractivity contribution in [1.82, 2.24) is 14.5 Å². The Balaban J connectivity index is 2.11. The monoisotopic (exact) mass is 325 g/mol. The van der Waals surface area contributed by atoms with Gasteiger partial charge in [0.15, 0.2) is 11.5 Å². The summed E-state index contributed by atoms with van der Waals surface area (Å²) in [5, 5.41) is 3.86. The molecule has 0 amide bonds. The summed E-state index contributed by atoms with van der Waals surface area (Å²) < 4.78 is 38.9. The second kappa shape index (κ2) is 6.80. The van der Waals surface area contributed by atoms with Crippen LogP contribution in [0.25, 0.3) is 0 Å². The molecular formula is C14H19N3O4S. The molecule has 8 heteroatoms. The van der Waals surface area contributed by atoms with Crippen molar-refractivity contribution in [2.45, 2.75) is 18.4 Å². The summed E-state index contributed by atoms with van der Waals surface area (Å²) in [5.74, 6) is 1.20. The highest BCUT2D eigenvalue weighted by molar-refractivity contribution is 7.89. The fraction of sp³-hybridized carbons (Fsp3) is 0.357. The summed E-state index contributed by atoms with van der Waals surface area (Å²) in [5.41, 5.74) is 0.771. The molecule has 0 aliphatic heterocycles. The lowest BCUT2D eigenvalue weighted by atomic mass is 10.2. The van der Waals surface area contributed by atoms with Gasteiger partial charge in [-0.1, -0.05) is 6.07 Å². The maximum atomic E-state index is 12.1. The average Bonchev–Trinajstić information content (AvgIpc) is 2.94. The number of hydrogen-bond donors (Lipinski definition) is 1. The van der Waals surface area contributed by atoms with E-state index in [1.807, 2.05) is 6.92 Å². The van der Waals surface area contributed by atoms with Gasteiger partial charge in [0.05, 0.1) is 19.9 Å². The summed E-state index contributed by atoms with van der Waals surface area (Å²) in [7, 11) is -0.377. The lowest BCUT2D eigenvalue weighted by molar-refractivity contribution is 0.310. The molecule has 120 valence electrons. The van der Waals surface area contributed by atoms with Gasteiger partial charge < -0.3 is 9.47 Å². The molecule has 0 aliphatic rings. The van der Waals surface area contributed by atoms with Crippen molar-refractivity contribution >= 4 is 10.0 Å². The van der Waals surface area contributed by atoms with Crippen molar-refractivity contribution in [3.63, 3.8) is 0 Å². The van der Waals surface area contributed by atoms with Gasteiger partial charge in [-0.05, 0) is 24.6 Å². The van der Waals surface area contributed by atoms with Crippen molar-refractivity contribution in [1.29, 1.82) is 0 Å². The molecule has 1 aromatic carbocycles. The molecule has 7 nitrogen and oxygen atoms in total. The van der Waals surface area contributed by atoms with E-state index < -0.39 is 10.0 Å². The Bertz CT molecular complexity index is 740. The van der Waals surface area contributed by atoms with Crippen LogP contribution >= 0.6 is 0 Å². The molecule has 0 saturated carbocycles. The number of rotatable bonds is 7. The molecule has 1 N–H and O–H groups in total. The molecule has 1 aromatic heterocycles. The third-order valence-corrected chi connectivity index (χ3v) is 4.34. The Morgan fingerprint density at radius 2 is 2.09 bits per heavy atom. The summed E-state index contributed by atoms with van der Waals surface area (Å²) in [6.07, 6.45) is 2.75. The molecule has 0 radical (unpaired) electrons. The van der Waals surface area contributed by atoms with Gasteiger partial charge in [0.25, 0.3) is 0 Å². The largest absolute Gasteiger partial charge is 0.493 e. The molecule has 0 fully saturated rings. The van der Waals surface area contributed by atoms with Crippen LogP contribution in [0.15, 0.2) is 35.5 Å². The normalized spacial score (nSPS) is 11.4. The molecule has 0 spiro atoms. The van der Waals surface area contributed by atoms with E-state index in [0.29, 0.717) is 18.1 Å². The van der Waals surface area contributed by atoms with Crippen LogP contribution < -0.4 is 14.2 Å². The summed E-state index contributed by atoms with van der Waals surface area (Å²) >= 11 is 0. The Morgan fingerprint density at radius 1 is 1.32 bits per heavy atom. The number of hydrogen-bond acceptors (Lipinski definition) is 5. The van der Waals surface area contributed by atoms with E-state index in [1.54, 1.807) is 32.4 Å². The van der Waals surface area contributed by atoms with E-state index in [-0.39, 0.29) is 11.4 Å². The second-order valence-electron chi connectivity index (χ2n) is 4.59. The van der Waals surface area contributed by atoms with E-state index in [4.69, 9.17) is 9.47 Å². The highest BCUT2D eigenvalue weighted by Gasteiger charge is 2.16. The maximum absolute atomic E-state index is 12.1. The van der Waals surface area contributed by atoms with Crippen LogP contribution in [-0.4, -0.2) is 31.9 Å². The Hall–Kier alpha value is -2.06. The molecule has 0 aliphatic carbocycles. The average molecular weight is 325 g/mol. The fourth-order valence-corrected chi connectivity index (χ4v) is 2.90. The van der Waals surface area contributed by atoms with Crippen LogP contribution in [0.1, 0.15) is 12.5 Å².